The topological polar surface area (TPSA) is 141 Å². The number of hydrogen-bond acceptors (Lipinski definition) is 10. The number of likely N-dealkylation sites (N-methyl/N-ethyl adjacent to an activating group) is 2. The highest BCUT2D eigenvalue weighted by molar-refractivity contribution is 7.17. The molecule has 2 spiro atoms. The van der Waals surface area contributed by atoms with Crippen molar-refractivity contribution < 1.29 is 28.7 Å². The summed E-state index contributed by atoms with van der Waals surface area (Å²) in [5.74, 6) is -0.538. The lowest BCUT2D eigenvalue weighted by Gasteiger charge is -2.45. The van der Waals surface area contributed by atoms with Gasteiger partial charge in [-0.1, -0.05) is 12.8 Å². The number of nitrogens with zero attached hydrogens (tertiary/aromatic N) is 4. The van der Waals surface area contributed by atoms with Crippen LogP contribution in [0.2, 0.25) is 0 Å². The van der Waals surface area contributed by atoms with Crippen LogP contribution in [0.3, 0.4) is 0 Å². The van der Waals surface area contributed by atoms with Gasteiger partial charge in [0.1, 0.15) is 46.0 Å². The van der Waals surface area contributed by atoms with Crippen LogP contribution in [0.25, 0.3) is 33.0 Å². The number of benzene rings is 1. The highest BCUT2D eigenvalue weighted by Gasteiger charge is 2.48. The van der Waals surface area contributed by atoms with Gasteiger partial charge in [0.25, 0.3) is 23.6 Å². The summed E-state index contributed by atoms with van der Waals surface area (Å²) < 4.78 is 14.2. The minimum Gasteiger partial charge on any atom is -0.481 e. The lowest BCUT2D eigenvalue weighted by Crippen LogP contribution is -2.40. The lowest BCUT2D eigenvalue weighted by atomic mass is 9.71. The van der Waals surface area contributed by atoms with Crippen LogP contribution in [0, 0.1) is 22.7 Å². The maximum atomic E-state index is 13.3. The smallest absolute Gasteiger partial charge is 0.271 e. The molecule has 1 aromatic carbocycles. The van der Waals surface area contributed by atoms with Crippen LogP contribution in [0.4, 0.5) is 0 Å². The van der Waals surface area contributed by atoms with Gasteiger partial charge in [0.05, 0.1) is 9.75 Å². The first kappa shape index (κ1) is 36.1. The molecule has 0 saturated heterocycles. The monoisotopic (exact) mass is 782 g/mol. The number of imide groups is 2. The molecule has 3 aromatic rings. The summed E-state index contributed by atoms with van der Waals surface area (Å²) in [6.07, 6.45) is 13.4. The van der Waals surface area contributed by atoms with Crippen LogP contribution >= 0.6 is 22.7 Å². The molecule has 282 valence electrons. The summed E-state index contributed by atoms with van der Waals surface area (Å²) in [4.78, 5) is 57.5. The van der Waals surface area contributed by atoms with Crippen LogP contribution in [0.5, 0.6) is 11.5 Å². The molecule has 12 heteroatoms. The Morgan fingerprint density at radius 2 is 0.982 bits per heavy atom. The van der Waals surface area contributed by atoms with Crippen molar-refractivity contribution in [2.45, 2.75) is 89.3 Å². The van der Waals surface area contributed by atoms with E-state index < -0.39 is 34.8 Å². The van der Waals surface area contributed by atoms with Crippen molar-refractivity contribution in [3.8, 4) is 44.5 Å². The van der Waals surface area contributed by atoms with Crippen molar-refractivity contribution in [3.63, 3.8) is 0 Å². The molecule has 0 atom stereocenters. The fraction of sp³-hybridized carbons (Fsp3) is 0.364. The second-order valence-electron chi connectivity index (χ2n) is 15.6. The molecule has 0 radical (unpaired) electrons. The highest BCUT2D eigenvalue weighted by Crippen LogP contribution is 2.60. The van der Waals surface area contributed by atoms with E-state index in [4.69, 9.17) is 9.47 Å². The van der Waals surface area contributed by atoms with Crippen molar-refractivity contribution in [1.29, 1.82) is 10.5 Å². The molecule has 2 saturated carbocycles. The van der Waals surface area contributed by atoms with Crippen molar-refractivity contribution in [3.05, 3.63) is 78.6 Å². The fourth-order valence-corrected chi connectivity index (χ4v) is 11.5. The van der Waals surface area contributed by atoms with Gasteiger partial charge in [-0.25, -0.2) is 0 Å². The van der Waals surface area contributed by atoms with Crippen LogP contribution in [0.1, 0.15) is 98.9 Å². The van der Waals surface area contributed by atoms with Gasteiger partial charge in [-0.2, -0.15) is 10.5 Å². The molecular formula is C44H38N4O6S2. The summed E-state index contributed by atoms with van der Waals surface area (Å²) >= 11 is 3.07. The fourth-order valence-electron chi connectivity index (χ4n) is 9.38. The van der Waals surface area contributed by atoms with E-state index in [1.54, 1.807) is 26.0 Å². The number of hydrogen-bond donors (Lipinski definition) is 0. The Morgan fingerprint density at radius 1 is 0.607 bits per heavy atom. The van der Waals surface area contributed by atoms with E-state index in [1.165, 1.54) is 36.8 Å². The number of fused-ring (bicyclic) bond motifs is 8. The second kappa shape index (κ2) is 13.0. The molecule has 0 unspecified atom stereocenters. The third-order valence-corrected chi connectivity index (χ3v) is 14.7. The number of carbonyl (C=O) groups excluding carboxylic acids is 4. The molecule has 56 heavy (non-hydrogen) atoms. The van der Waals surface area contributed by atoms with E-state index in [1.807, 2.05) is 24.3 Å². The summed E-state index contributed by atoms with van der Waals surface area (Å²) in [5.41, 5.74) is 4.70. The highest BCUT2D eigenvalue weighted by atomic mass is 32.1. The molecule has 6 heterocycles. The average molecular weight is 783 g/mol. The zero-order chi connectivity index (χ0) is 39.3. The van der Waals surface area contributed by atoms with Gasteiger partial charge in [0, 0.05) is 57.2 Å². The molecule has 9 rings (SSSR count). The Labute approximate surface area is 332 Å². The third-order valence-electron chi connectivity index (χ3n) is 12.5. The number of amides is 4. The second-order valence-corrected chi connectivity index (χ2v) is 17.8. The Kier molecular flexibility index (Phi) is 8.38. The molecule has 0 N–H and O–H groups in total. The predicted molar refractivity (Wildman–Crippen MR) is 212 cm³/mol. The summed E-state index contributed by atoms with van der Waals surface area (Å²) in [5, 5.41) is 19.5. The number of carbonyl (C=O) groups is 4. The van der Waals surface area contributed by atoms with E-state index in [0.717, 1.165) is 127 Å². The van der Waals surface area contributed by atoms with Gasteiger partial charge < -0.3 is 9.47 Å². The van der Waals surface area contributed by atoms with Gasteiger partial charge in [0.2, 0.25) is 0 Å². The maximum Gasteiger partial charge on any atom is 0.271 e. The van der Waals surface area contributed by atoms with Gasteiger partial charge in [-0.15, -0.1) is 22.7 Å². The van der Waals surface area contributed by atoms with Gasteiger partial charge in [-0.3, -0.25) is 29.0 Å². The first-order valence-corrected chi connectivity index (χ1v) is 20.7. The third kappa shape index (κ3) is 5.23. The van der Waals surface area contributed by atoms with E-state index in [2.05, 4.69) is 12.1 Å². The summed E-state index contributed by atoms with van der Waals surface area (Å²) in [7, 11) is 2.80. The number of rotatable bonds is 2. The summed E-state index contributed by atoms with van der Waals surface area (Å²) in [6.45, 7) is 3.29. The van der Waals surface area contributed by atoms with Crippen LogP contribution in [0.15, 0.2) is 57.7 Å². The number of thiophene rings is 2. The van der Waals surface area contributed by atoms with Crippen molar-refractivity contribution in [1.82, 2.24) is 9.80 Å². The first-order chi connectivity index (χ1) is 26.9. The molecule has 2 fully saturated rings. The lowest BCUT2D eigenvalue weighted by molar-refractivity contribution is -0.140. The molecule has 4 amide bonds. The molecular weight excluding hydrogens is 745 g/mol. The Balaban J connectivity index is 1.22. The zero-order valence-electron chi connectivity index (χ0n) is 31.6. The largest absolute Gasteiger partial charge is 0.481 e. The average Bonchev–Trinajstić information content (AvgIpc) is 3.80. The first-order valence-electron chi connectivity index (χ1n) is 19.1. The van der Waals surface area contributed by atoms with Gasteiger partial charge >= 0.3 is 0 Å². The van der Waals surface area contributed by atoms with E-state index in [-0.39, 0.29) is 11.1 Å². The Morgan fingerprint density at radius 3 is 1.34 bits per heavy atom. The van der Waals surface area contributed by atoms with Gasteiger partial charge in [-0.05, 0) is 113 Å². The molecule has 2 aliphatic carbocycles. The normalized spacial score (nSPS) is 22.5. The predicted octanol–water partition coefficient (Wildman–Crippen LogP) is 8.69. The molecule has 2 aromatic heterocycles. The molecule has 4 aliphatic heterocycles. The Bertz CT molecular complexity index is 2380. The standard InChI is InChI=1S/C44H38N4O6S2/c1-23-27(39(49)47(3)41(51)31(23)21-45)15-25-17-35-37(55-25)29-19-34-30(20-33(29)43(53-35)11-7-5-8-12-43)38-36(54-44(34)13-9-6-10-14-44)18-26(56-38)16-28-24(2)32(22-46)42(52)48(4)40(28)50/h15-20H,5-14H2,1-4H3/b27-15+,28-16+. The summed E-state index contributed by atoms with van der Waals surface area (Å²) in [6, 6.07) is 12.6. The van der Waals surface area contributed by atoms with Crippen LogP contribution in [-0.2, 0) is 30.4 Å². The van der Waals surface area contributed by atoms with E-state index >= 15 is 0 Å². The molecule has 0 bridgehead atoms. The van der Waals surface area contributed by atoms with E-state index in [9.17, 15) is 29.7 Å². The minimum absolute atomic E-state index is 0.0366. The number of ether oxygens (including phenoxy) is 2. The number of nitriles is 2. The van der Waals surface area contributed by atoms with Crippen LogP contribution < -0.4 is 9.47 Å². The Hall–Kier alpha value is -5.56. The quantitative estimate of drug-likeness (QED) is 0.186. The van der Waals surface area contributed by atoms with Crippen molar-refractivity contribution >= 4 is 58.5 Å². The molecule has 10 nitrogen and oxygen atoms in total. The maximum absolute atomic E-state index is 13.3. The zero-order valence-corrected chi connectivity index (χ0v) is 33.2. The minimum atomic E-state index is -0.595. The van der Waals surface area contributed by atoms with Crippen molar-refractivity contribution in [2.75, 3.05) is 14.1 Å². The molecule has 6 aliphatic rings. The van der Waals surface area contributed by atoms with Gasteiger partial charge in [0.15, 0.2) is 0 Å². The van der Waals surface area contributed by atoms with Crippen LogP contribution in [-0.4, -0.2) is 47.5 Å². The van der Waals surface area contributed by atoms with E-state index in [0.29, 0.717) is 22.3 Å². The van der Waals surface area contributed by atoms with Crippen molar-refractivity contribution in [2.24, 2.45) is 0 Å². The SMILES string of the molecule is CC1=C(C#N)C(=O)N(C)C(=O)/C1=C/c1cc2c(s1)-c1cc3c(cc1C1(CCCCC1)O2)-c1sc(/C=C2/C(=O)N(C)C(=O)C(C#N)=C2C)cc1OC31CCCCC1.